The van der Waals surface area contributed by atoms with Gasteiger partial charge in [-0.3, -0.25) is 4.98 Å². The Hall–Kier alpha value is -3.35. The number of nitrogen functional groups attached to an aromatic ring is 1. The molecule has 2 N–H and O–H groups in total. The van der Waals surface area contributed by atoms with Gasteiger partial charge >= 0.3 is 0 Å². The van der Waals surface area contributed by atoms with Crippen LogP contribution in [-0.2, 0) is 0 Å². The lowest BCUT2D eigenvalue weighted by molar-refractivity contribution is 1.10. The number of rotatable bonds is 3. The monoisotopic (exact) mass is 371 g/mol. The van der Waals surface area contributed by atoms with Gasteiger partial charge in [0.1, 0.15) is 28.5 Å². The van der Waals surface area contributed by atoms with Crippen molar-refractivity contribution in [2.75, 3.05) is 5.73 Å². The summed E-state index contributed by atoms with van der Waals surface area (Å²) < 4.78 is 0. The van der Waals surface area contributed by atoms with Gasteiger partial charge in [0.2, 0.25) is 0 Å². The predicted octanol–water partition coefficient (Wildman–Crippen LogP) is 4.55. The Morgan fingerprint density at radius 1 is 1.00 bits per heavy atom. The highest BCUT2D eigenvalue weighted by molar-refractivity contribution is 7.99. The number of anilines is 1. The van der Waals surface area contributed by atoms with Gasteiger partial charge in [-0.2, -0.15) is 10.5 Å². The Bertz CT molecular complexity index is 1090. The van der Waals surface area contributed by atoms with Crippen LogP contribution in [0.5, 0.6) is 0 Å². The van der Waals surface area contributed by atoms with Crippen molar-refractivity contribution in [2.45, 2.75) is 30.7 Å². The summed E-state index contributed by atoms with van der Waals surface area (Å²) in [6.45, 7) is 6.11. The smallest absolute Gasteiger partial charge is 0.143 e. The first-order valence-corrected chi connectivity index (χ1v) is 9.08. The molecule has 0 fully saturated rings. The third-order valence-corrected chi connectivity index (χ3v) is 5.48. The molecule has 2 heterocycles. The van der Waals surface area contributed by atoms with Crippen LogP contribution in [-0.4, -0.2) is 9.97 Å². The van der Waals surface area contributed by atoms with Crippen molar-refractivity contribution < 1.29 is 0 Å². The third kappa shape index (κ3) is 3.48. The fourth-order valence-electron chi connectivity index (χ4n) is 3.06. The average molecular weight is 371 g/mol. The maximum atomic E-state index is 9.85. The normalized spacial score (nSPS) is 10.3. The number of aromatic nitrogens is 2. The molecular formula is C21H17N5S. The molecular weight excluding hydrogens is 354 g/mol. The van der Waals surface area contributed by atoms with Crippen molar-refractivity contribution in [3.8, 4) is 23.4 Å². The third-order valence-electron chi connectivity index (χ3n) is 4.14. The Kier molecular flexibility index (Phi) is 5.12. The van der Waals surface area contributed by atoms with Gasteiger partial charge in [-0.25, -0.2) is 4.98 Å². The molecule has 3 aromatic rings. The highest BCUT2D eigenvalue weighted by atomic mass is 32.2. The number of hydrogen-bond donors (Lipinski definition) is 1. The summed E-state index contributed by atoms with van der Waals surface area (Å²) in [6, 6.07) is 13.8. The molecule has 2 aromatic heterocycles. The van der Waals surface area contributed by atoms with E-state index in [9.17, 15) is 10.5 Å². The summed E-state index contributed by atoms with van der Waals surface area (Å²) in [6.07, 6.45) is 1.62. The summed E-state index contributed by atoms with van der Waals surface area (Å²) in [5.74, 6) is 0.0991. The topological polar surface area (TPSA) is 99.4 Å². The molecule has 3 rings (SSSR count). The molecule has 0 aliphatic rings. The van der Waals surface area contributed by atoms with Crippen LogP contribution in [0, 0.1) is 43.4 Å². The van der Waals surface area contributed by atoms with Gasteiger partial charge in [-0.05, 0) is 44.0 Å². The van der Waals surface area contributed by atoms with Gasteiger partial charge in [0.15, 0.2) is 0 Å². The number of hydrogen-bond acceptors (Lipinski definition) is 6. The van der Waals surface area contributed by atoms with E-state index in [0.717, 1.165) is 16.0 Å². The lowest BCUT2D eigenvalue weighted by Crippen LogP contribution is -2.04. The summed E-state index contributed by atoms with van der Waals surface area (Å²) in [4.78, 5) is 9.70. The van der Waals surface area contributed by atoms with Crippen LogP contribution in [0.4, 0.5) is 5.82 Å². The van der Waals surface area contributed by atoms with Crippen LogP contribution < -0.4 is 5.73 Å². The molecule has 0 saturated heterocycles. The Labute approximate surface area is 162 Å². The molecule has 0 aliphatic heterocycles. The largest absolute Gasteiger partial charge is 0.383 e. The van der Waals surface area contributed by atoms with Gasteiger partial charge in [-0.1, -0.05) is 35.5 Å². The Balaban J connectivity index is 2.26. The molecule has 1 aromatic carbocycles. The minimum Gasteiger partial charge on any atom is -0.383 e. The van der Waals surface area contributed by atoms with E-state index in [1.165, 1.54) is 17.3 Å². The van der Waals surface area contributed by atoms with Crippen molar-refractivity contribution in [3.05, 3.63) is 64.3 Å². The molecule has 132 valence electrons. The van der Waals surface area contributed by atoms with Crippen LogP contribution >= 0.6 is 11.8 Å². The van der Waals surface area contributed by atoms with E-state index in [0.29, 0.717) is 21.8 Å². The second-order valence-corrected chi connectivity index (χ2v) is 7.19. The maximum Gasteiger partial charge on any atom is 0.143 e. The standard InChI is InChI=1S/C21H17N5S/c1-12-8-13(2)19(14(3)9-12)27-21-16(11-23)18(15(10-22)20(24)26-21)17-6-4-5-7-25-17/h4-9H,1-3H3,(H2,24,26). The van der Waals surface area contributed by atoms with Crippen LogP contribution in [0.2, 0.25) is 0 Å². The van der Waals surface area contributed by atoms with Crippen LogP contribution in [0.15, 0.2) is 46.5 Å². The summed E-state index contributed by atoms with van der Waals surface area (Å²) in [5.41, 5.74) is 10.9. The quantitative estimate of drug-likeness (QED) is 0.725. The number of aryl methyl sites for hydroxylation is 3. The second-order valence-electron chi connectivity index (χ2n) is 6.20. The zero-order valence-corrected chi connectivity index (χ0v) is 16.1. The molecule has 5 nitrogen and oxygen atoms in total. The first-order chi connectivity index (χ1) is 13.0. The lowest BCUT2D eigenvalue weighted by atomic mass is 10.0. The van der Waals surface area contributed by atoms with Gasteiger partial charge in [-0.15, -0.1) is 0 Å². The first-order valence-electron chi connectivity index (χ1n) is 8.27. The van der Waals surface area contributed by atoms with Crippen molar-refractivity contribution in [1.82, 2.24) is 9.97 Å². The molecule has 0 unspecified atom stereocenters. The Morgan fingerprint density at radius 2 is 1.67 bits per heavy atom. The minimum atomic E-state index is 0.0991. The van der Waals surface area contributed by atoms with E-state index in [1.54, 1.807) is 18.3 Å². The maximum absolute atomic E-state index is 9.85. The van der Waals surface area contributed by atoms with Crippen molar-refractivity contribution in [1.29, 1.82) is 10.5 Å². The number of pyridine rings is 2. The van der Waals surface area contributed by atoms with Gasteiger partial charge in [0.05, 0.1) is 11.3 Å². The SMILES string of the molecule is Cc1cc(C)c(Sc2nc(N)c(C#N)c(-c3ccccn3)c2C#N)c(C)c1. The van der Waals surface area contributed by atoms with E-state index < -0.39 is 0 Å². The molecule has 0 radical (unpaired) electrons. The lowest BCUT2D eigenvalue weighted by Gasteiger charge is -2.15. The van der Waals surface area contributed by atoms with Crippen LogP contribution in [0.3, 0.4) is 0 Å². The van der Waals surface area contributed by atoms with E-state index >= 15 is 0 Å². The van der Waals surface area contributed by atoms with Crippen molar-refractivity contribution in [3.63, 3.8) is 0 Å². The number of nitriles is 2. The van der Waals surface area contributed by atoms with E-state index in [-0.39, 0.29) is 11.4 Å². The molecule has 0 spiro atoms. The molecule has 0 bridgehead atoms. The molecule has 6 heteroatoms. The summed E-state index contributed by atoms with van der Waals surface area (Å²) >= 11 is 1.39. The van der Waals surface area contributed by atoms with Crippen molar-refractivity contribution in [2.24, 2.45) is 0 Å². The second kappa shape index (κ2) is 7.49. The van der Waals surface area contributed by atoms with Gasteiger partial charge < -0.3 is 5.73 Å². The molecule has 27 heavy (non-hydrogen) atoms. The van der Waals surface area contributed by atoms with Gasteiger partial charge in [0, 0.05) is 16.7 Å². The van der Waals surface area contributed by atoms with Crippen LogP contribution in [0.1, 0.15) is 27.8 Å². The van der Waals surface area contributed by atoms with E-state index in [1.807, 2.05) is 26.8 Å². The fraction of sp³-hybridized carbons (Fsp3) is 0.143. The minimum absolute atomic E-state index is 0.0991. The van der Waals surface area contributed by atoms with Gasteiger partial charge in [0.25, 0.3) is 0 Å². The molecule has 0 aliphatic carbocycles. The zero-order chi connectivity index (χ0) is 19.6. The highest BCUT2D eigenvalue weighted by Gasteiger charge is 2.22. The number of nitrogens with two attached hydrogens (primary N) is 1. The highest BCUT2D eigenvalue weighted by Crippen LogP contribution is 2.39. The molecule has 0 saturated carbocycles. The first kappa shape index (κ1) is 18.4. The zero-order valence-electron chi connectivity index (χ0n) is 15.2. The van der Waals surface area contributed by atoms with Crippen molar-refractivity contribution >= 4 is 17.6 Å². The van der Waals surface area contributed by atoms with Crippen LogP contribution in [0.25, 0.3) is 11.3 Å². The van der Waals surface area contributed by atoms with E-state index in [4.69, 9.17) is 5.73 Å². The van der Waals surface area contributed by atoms with E-state index in [2.05, 4.69) is 34.2 Å². The average Bonchev–Trinajstić information content (AvgIpc) is 2.64. The summed E-state index contributed by atoms with van der Waals surface area (Å²) in [7, 11) is 0. The Morgan fingerprint density at radius 3 is 2.22 bits per heavy atom. The number of nitrogens with zero attached hydrogens (tertiary/aromatic N) is 4. The molecule has 0 atom stereocenters. The molecule has 0 amide bonds. The number of benzene rings is 1. The summed E-state index contributed by atoms with van der Waals surface area (Å²) in [5, 5.41) is 19.9. The predicted molar refractivity (Wildman–Crippen MR) is 106 cm³/mol. The fourth-order valence-corrected chi connectivity index (χ4v) is 4.09.